The zero-order chi connectivity index (χ0) is 15.7. The highest BCUT2D eigenvalue weighted by Gasteiger charge is 2.30. The van der Waals surface area contributed by atoms with E-state index in [-0.39, 0.29) is 22.1 Å². The van der Waals surface area contributed by atoms with Crippen molar-refractivity contribution in [2.45, 2.75) is 30.4 Å². The van der Waals surface area contributed by atoms with Crippen molar-refractivity contribution in [1.29, 1.82) is 0 Å². The lowest BCUT2D eigenvalue weighted by Crippen LogP contribution is -2.49. The van der Waals surface area contributed by atoms with Crippen molar-refractivity contribution in [3.8, 4) is 0 Å². The van der Waals surface area contributed by atoms with Gasteiger partial charge in [0, 0.05) is 38.9 Å². The molecule has 7 nitrogen and oxygen atoms in total. The molecule has 1 N–H and O–H groups in total. The average Bonchev–Trinajstić information content (AvgIpc) is 2.89. The molecule has 0 radical (unpaired) electrons. The van der Waals surface area contributed by atoms with Gasteiger partial charge in [-0.1, -0.05) is 0 Å². The van der Waals surface area contributed by atoms with Gasteiger partial charge in [0.2, 0.25) is 5.09 Å². The summed E-state index contributed by atoms with van der Waals surface area (Å²) in [6, 6.07) is 1.24. The first-order chi connectivity index (χ1) is 9.74. The number of nitrogens with zero attached hydrogens (tertiary/aromatic N) is 1. The minimum absolute atomic E-state index is 0.197. The minimum Gasteiger partial charge on any atom is -0.451 e. The standard InChI is InChI=1S/C13H20N2O5S/c1-13(4-6-19-7-5-13)14-12(16)10-8-11(20-9-10)21(17,18)15(2)3/h8-9H,4-7H2,1-3H3,(H,14,16). The third-order valence-electron chi connectivity index (χ3n) is 3.58. The van der Waals surface area contributed by atoms with Crippen LogP contribution >= 0.6 is 0 Å². The topological polar surface area (TPSA) is 88.9 Å². The number of rotatable bonds is 4. The summed E-state index contributed by atoms with van der Waals surface area (Å²) in [5.74, 6) is -0.344. The van der Waals surface area contributed by atoms with E-state index in [1.54, 1.807) is 0 Å². The Morgan fingerprint density at radius 3 is 2.52 bits per heavy atom. The minimum atomic E-state index is -3.67. The quantitative estimate of drug-likeness (QED) is 0.888. The van der Waals surface area contributed by atoms with E-state index in [1.807, 2.05) is 6.92 Å². The van der Waals surface area contributed by atoms with Crippen molar-refractivity contribution in [3.63, 3.8) is 0 Å². The van der Waals surface area contributed by atoms with Gasteiger partial charge in [0.05, 0.1) is 5.56 Å². The summed E-state index contributed by atoms with van der Waals surface area (Å²) in [4.78, 5) is 12.2. The van der Waals surface area contributed by atoms with Crippen LogP contribution in [0.3, 0.4) is 0 Å². The lowest BCUT2D eigenvalue weighted by Gasteiger charge is -2.34. The van der Waals surface area contributed by atoms with E-state index < -0.39 is 10.0 Å². The van der Waals surface area contributed by atoms with Gasteiger partial charge in [0.25, 0.3) is 15.9 Å². The number of hydrogen-bond acceptors (Lipinski definition) is 5. The van der Waals surface area contributed by atoms with Crippen LogP contribution < -0.4 is 5.32 Å². The van der Waals surface area contributed by atoms with Gasteiger partial charge in [-0.3, -0.25) is 4.79 Å². The second-order valence-corrected chi connectivity index (χ2v) is 7.65. The highest BCUT2D eigenvalue weighted by molar-refractivity contribution is 7.88. The molecule has 21 heavy (non-hydrogen) atoms. The number of ether oxygens (including phenoxy) is 1. The van der Waals surface area contributed by atoms with Crippen LogP contribution in [-0.2, 0) is 14.8 Å². The van der Waals surface area contributed by atoms with Crippen molar-refractivity contribution in [1.82, 2.24) is 9.62 Å². The molecular formula is C13H20N2O5S. The second kappa shape index (κ2) is 5.78. The van der Waals surface area contributed by atoms with E-state index in [9.17, 15) is 13.2 Å². The molecule has 1 aromatic rings. The van der Waals surface area contributed by atoms with Gasteiger partial charge < -0.3 is 14.5 Å². The van der Waals surface area contributed by atoms with Crippen LogP contribution in [0.2, 0.25) is 0 Å². The molecule has 1 aromatic heterocycles. The first kappa shape index (κ1) is 16.0. The summed E-state index contributed by atoms with van der Waals surface area (Å²) in [5.41, 5.74) is -0.143. The molecule has 0 unspecified atom stereocenters. The van der Waals surface area contributed by atoms with Crippen molar-refractivity contribution < 1.29 is 22.4 Å². The fraction of sp³-hybridized carbons (Fsp3) is 0.615. The largest absolute Gasteiger partial charge is 0.451 e. The predicted octanol–water partition coefficient (Wildman–Crippen LogP) is 0.829. The van der Waals surface area contributed by atoms with Crippen LogP contribution in [0.25, 0.3) is 0 Å². The predicted molar refractivity (Wildman–Crippen MR) is 75.5 cm³/mol. The van der Waals surface area contributed by atoms with Crippen molar-refractivity contribution in [3.05, 3.63) is 17.9 Å². The average molecular weight is 316 g/mol. The van der Waals surface area contributed by atoms with Crippen LogP contribution in [0.5, 0.6) is 0 Å². The van der Waals surface area contributed by atoms with Gasteiger partial charge in [0.1, 0.15) is 6.26 Å². The summed E-state index contributed by atoms with van der Waals surface area (Å²) in [6.45, 7) is 3.15. The Kier molecular flexibility index (Phi) is 4.40. The third kappa shape index (κ3) is 3.45. The fourth-order valence-corrected chi connectivity index (χ4v) is 2.85. The van der Waals surface area contributed by atoms with E-state index in [1.165, 1.54) is 20.2 Å². The van der Waals surface area contributed by atoms with E-state index in [0.717, 1.165) is 23.4 Å². The van der Waals surface area contributed by atoms with Crippen LogP contribution in [0, 0.1) is 0 Å². The first-order valence-electron chi connectivity index (χ1n) is 6.66. The molecule has 2 heterocycles. The molecule has 0 bridgehead atoms. The Hall–Kier alpha value is -1.38. The number of amides is 1. The number of carbonyl (C=O) groups excluding carboxylic acids is 1. The summed E-state index contributed by atoms with van der Waals surface area (Å²) in [7, 11) is -0.864. The number of hydrogen-bond donors (Lipinski definition) is 1. The summed E-state index contributed by atoms with van der Waals surface area (Å²) in [5, 5.41) is 2.68. The Morgan fingerprint density at radius 1 is 1.33 bits per heavy atom. The monoisotopic (exact) mass is 316 g/mol. The van der Waals surface area contributed by atoms with Gasteiger partial charge in [-0.15, -0.1) is 0 Å². The van der Waals surface area contributed by atoms with Crippen LogP contribution in [0.1, 0.15) is 30.1 Å². The lowest BCUT2D eigenvalue weighted by atomic mass is 9.92. The zero-order valence-corrected chi connectivity index (χ0v) is 13.2. The molecule has 1 amide bonds. The maximum Gasteiger partial charge on any atom is 0.275 e. The molecule has 118 valence electrons. The number of furan rings is 1. The molecule has 1 fully saturated rings. The van der Waals surface area contributed by atoms with Crippen molar-refractivity contribution in [2.75, 3.05) is 27.3 Å². The van der Waals surface area contributed by atoms with E-state index in [2.05, 4.69) is 5.32 Å². The molecule has 0 spiro atoms. The maximum absolute atomic E-state index is 12.2. The molecule has 0 saturated carbocycles. The molecule has 1 aliphatic heterocycles. The van der Waals surface area contributed by atoms with E-state index in [4.69, 9.17) is 9.15 Å². The normalized spacial score (nSPS) is 18.7. The zero-order valence-electron chi connectivity index (χ0n) is 12.4. The van der Waals surface area contributed by atoms with E-state index in [0.29, 0.717) is 13.2 Å². The maximum atomic E-state index is 12.2. The van der Waals surface area contributed by atoms with Crippen LogP contribution in [0.4, 0.5) is 0 Å². The van der Waals surface area contributed by atoms with Gasteiger partial charge in [-0.2, -0.15) is 0 Å². The van der Waals surface area contributed by atoms with Crippen LogP contribution in [-0.4, -0.2) is 51.5 Å². The van der Waals surface area contributed by atoms with Gasteiger partial charge in [0.15, 0.2) is 0 Å². The number of sulfonamides is 1. The van der Waals surface area contributed by atoms with Crippen LogP contribution in [0.15, 0.2) is 21.8 Å². The van der Waals surface area contributed by atoms with Gasteiger partial charge >= 0.3 is 0 Å². The fourth-order valence-electron chi connectivity index (χ4n) is 2.04. The van der Waals surface area contributed by atoms with Gasteiger partial charge in [-0.05, 0) is 19.8 Å². The number of nitrogens with one attached hydrogen (secondary N) is 1. The smallest absolute Gasteiger partial charge is 0.275 e. The molecule has 0 aliphatic carbocycles. The Morgan fingerprint density at radius 2 is 1.95 bits per heavy atom. The number of carbonyl (C=O) groups is 1. The SMILES string of the molecule is CN(C)S(=O)(=O)c1cc(C(=O)NC2(C)CCOCC2)co1. The molecule has 0 atom stereocenters. The van der Waals surface area contributed by atoms with E-state index >= 15 is 0 Å². The lowest BCUT2D eigenvalue weighted by molar-refractivity contribution is 0.0422. The van der Waals surface area contributed by atoms with Crippen molar-refractivity contribution >= 4 is 15.9 Å². The molecule has 0 aromatic carbocycles. The highest BCUT2D eigenvalue weighted by atomic mass is 32.2. The molecule has 2 rings (SSSR count). The summed E-state index contributed by atoms with van der Waals surface area (Å²) >= 11 is 0. The Balaban J connectivity index is 2.13. The van der Waals surface area contributed by atoms with Crippen molar-refractivity contribution in [2.24, 2.45) is 0 Å². The highest BCUT2D eigenvalue weighted by Crippen LogP contribution is 2.22. The Labute approximate surface area is 124 Å². The first-order valence-corrected chi connectivity index (χ1v) is 8.10. The third-order valence-corrected chi connectivity index (χ3v) is 5.27. The Bertz CT molecular complexity index is 614. The summed E-state index contributed by atoms with van der Waals surface area (Å²) in [6.07, 6.45) is 2.60. The molecular weight excluding hydrogens is 296 g/mol. The second-order valence-electron chi connectivity index (χ2n) is 5.57. The van der Waals surface area contributed by atoms with Gasteiger partial charge in [-0.25, -0.2) is 12.7 Å². The summed E-state index contributed by atoms with van der Waals surface area (Å²) < 4.78 is 35.1. The molecule has 8 heteroatoms. The molecule has 1 saturated heterocycles. The molecule has 1 aliphatic rings.